The van der Waals surface area contributed by atoms with Crippen molar-refractivity contribution in [3.63, 3.8) is 0 Å². The Balaban J connectivity index is 3.04. The minimum Gasteiger partial charge on any atom is -0.464 e. The zero-order valence-corrected chi connectivity index (χ0v) is 11.2. The summed E-state index contributed by atoms with van der Waals surface area (Å²) in [6.07, 6.45) is 0.690. The molecule has 0 unspecified atom stereocenters. The number of hydrogen-bond donors (Lipinski definition) is 0. The van der Waals surface area contributed by atoms with E-state index in [1.165, 1.54) is 14.2 Å². The molecule has 0 atom stereocenters. The molecule has 0 saturated heterocycles. The number of hydrogen-bond acceptors (Lipinski definition) is 5. The Morgan fingerprint density at radius 1 is 1.18 bits per heavy atom. The Morgan fingerprint density at radius 2 is 1.82 bits per heavy atom. The normalized spacial score (nSPS) is 10.1. The van der Waals surface area contributed by atoms with Gasteiger partial charge >= 0.3 is 0 Å². The van der Waals surface area contributed by atoms with Crippen LogP contribution in [0.4, 0.5) is 0 Å². The first-order chi connectivity index (χ1) is 8.22. The van der Waals surface area contributed by atoms with Gasteiger partial charge in [-0.15, -0.1) is 0 Å². The van der Waals surface area contributed by atoms with Crippen molar-refractivity contribution in [3.8, 4) is 11.5 Å². The molecular formula is C11H13BrO5. The summed E-state index contributed by atoms with van der Waals surface area (Å²) in [5, 5.41) is 0. The summed E-state index contributed by atoms with van der Waals surface area (Å²) in [5.41, 5.74) is 0.377. The van der Waals surface area contributed by atoms with E-state index in [9.17, 15) is 4.79 Å². The highest BCUT2D eigenvalue weighted by Crippen LogP contribution is 2.34. The molecule has 0 radical (unpaired) electrons. The molecule has 0 N–H and O–H groups in total. The number of ether oxygens (including phenoxy) is 4. The largest absolute Gasteiger partial charge is 0.464 e. The number of rotatable bonds is 7. The molecule has 5 nitrogen and oxygen atoms in total. The summed E-state index contributed by atoms with van der Waals surface area (Å²) >= 11 is 3.28. The lowest BCUT2D eigenvalue weighted by Gasteiger charge is -2.14. The fourth-order valence-corrected chi connectivity index (χ4v) is 1.63. The summed E-state index contributed by atoms with van der Waals surface area (Å²) in [7, 11) is 3.00. The molecule has 0 heterocycles. The van der Waals surface area contributed by atoms with Gasteiger partial charge in [-0.1, -0.05) is 15.9 Å². The number of aldehydes is 1. The second kappa shape index (κ2) is 7.26. The van der Waals surface area contributed by atoms with Crippen molar-refractivity contribution in [2.75, 3.05) is 27.8 Å². The molecule has 1 aromatic rings. The third-order valence-electron chi connectivity index (χ3n) is 1.83. The monoisotopic (exact) mass is 304 g/mol. The van der Waals surface area contributed by atoms with Crippen LogP contribution in [0.3, 0.4) is 0 Å². The van der Waals surface area contributed by atoms with Crippen molar-refractivity contribution < 1.29 is 23.7 Å². The molecule has 17 heavy (non-hydrogen) atoms. The summed E-state index contributed by atoms with van der Waals surface area (Å²) in [6, 6.07) is 3.33. The predicted octanol–water partition coefficient (Wildman–Crippen LogP) is 2.23. The Morgan fingerprint density at radius 3 is 2.41 bits per heavy atom. The number of carbonyl (C=O) groups excluding carboxylic acids is 1. The van der Waals surface area contributed by atoms with Gasteiger partial charge in [0.1, 0.15) is 0 Å². The molecule has 0 aliphatic carbocycles. The molecule has 0 spiro atoms. The maximum Gasteiger partial charge on any atom is 0.188 e. The Bertz CT molecular complexity index is 380. The van der Waals surface area contributed by atoms with Crippen LogP contribution >= 0.6 is 15.9 Å². The van der Waals surface area contributed by atoms with E-state index in [1.807, 2.05) is 0 Å². The number of carbonyl (C=O) groups is 1. The van der Waals surface area contributed by atoms with Gasteiger partial charge in [-0.3, -0.25) is 4.79 Å². The first-order valence-electron chi connectivity index (χ1n) is 4.75. The molecule has 0 amide bonds. The van der Waals surface area contributed by atoms with Crippen molar-refractivity contribution in [1.29, 1.82) is 0 Å². The average Bonchev–Trinajstić information content (AvgIpc) is 2.34. The van der Waals surface area contributed by atoms with Crippen molar-refractivity contribution in [1.82, 2.24) is 0 Å². The fourth-order valence-electron chi connectivity index (χ4n) is 1.18. The molecule has 1 aromatic carbocycles. The van der Waals surface area contributed by atoms with Gasteiger partial charge in [0, 0.05) is 18.7 Å². The lowest BCUT2D eigenvalue weighted by molar-refractivity contribution is 0.0318. The molecule has 0 aliphatic heterocycles. The van der Waals surface area contributed by atoms with Crippen molar-refractivity contribution >= 4 is 22.2 Å². The minimum absolute atomic E-state index is 0.0335. The Kier molecular flexibility index (Phi) is 5.96. The third kappa shape index (κ3) is 3.99. The van der Waals surface area contributed by atoms with Crippen LogP contribution in [-0.4, -0.2) is 34.1 Å². The quantitative estimate of drug-likeness (QED) is 0.571. The highest BCUT2D eigenvalue weighted by atomic mass is 79.9. The molecule has 0 fully saturated rings. The van der Waals surface area contributed by atoms with E-state index in [0.717, 1.165) is 4.47 Å². The SMILES string of the molecule is COCOc1cc(Br)cc(C=O)c1OCOC. The number of halogens is 1. The van der Waals surface area contributed by atoms with Crippen molar-refractivity contribution in [2.45, 2.75) is 0 Å². The molecule has 0 aliphatic rings. The van der Waals surface area contributed by atoms with E-state index in [4.69, 9.17) is 18.9 Å². The smallest absolute Gasteiger partial charge is 0.188 e. The van der Waals surface area contributed by atoms with Gasteiger partial charge < -0.3 is 18.9 Å². The van der Waals surface area contributed by atoms with Crippen LogP contribution in [0.25, 0.3) is 0 Å². The summed E-state index contributed by atoms with van der Waals surface area (Å²) in [5.74, 6) is 0.752. The number of benzene rings is 1. The van der Waals surface area contributed by atoms with Gasteiger partial charge in [-0.2, -0.15) is 0 Å². The van der Waals surface area contributed by atoms with Crippen LogP contribution in [0.2, 0.25) is 0 Å². The zero-order valence-electron chi connectivity index (χ0n) is 9.57. The van der Waals surface area contributed by atoms with Crippen LogP contribution in [-0.2, 0) is 9.47 Å². The standard InChI is InChI=1S/C11H13BrO5/c1-14-6-16-10-4-9(12)3-8(5-13)11(10)17-7-15-2/h3-5H,6-7H2,1-2H3. The zero-order chi connectivity index (χ0) is 12.7. The highest BCUT2D eigenvalue weighted by Gasteiger charge is 2.13. The maximum atomic E-state index is 10.9. The van der Waals surface area contributed by atoms with Crippen LogP contribution < -0.4 is 9.47 Å². The minimum atomic E-state index is 0.0335. The summed E-state index contributed by atoms with van der Waals surface area (Å²) in [4.78, 5) is 10.9. The second-order valence-electron chi connectivity index (χ2n) is 3.04. The van der Waals surface area contributed by atoms with E-state index in [0.29, 0.717) is 23.3 Å². The van der Waals surface area contributed by atoms with Crippen LogP contribution in [0.15, 0.2) is 16.6 Å². The van der Waals surface area contributed by atoms with E-state index in [-0.39, 0.29) is 13.6 Å². The summed E-state index contributed by atoms with van der Waals surface area (Å²) < 4.78 is 20.9. The molecule has 6 heteroatoms. The Hall–Kier alpha value is -1.11. The maximum absolute atomic E-state index is 10.9. The van der Waals surface area contributed by atoms with Gasteiger partial charge in [0.25, 0.3) is 0 Å². The topological polar surface area (TPSA) is 54.0 Å². The van der Waals surface area contributed by atoms with E-state index in [2.05, 4.69) is 15.9 Å². The van der Waals surface area contributed by atoms with E-state index < -0.39 is 0 Å². The van der Waals surface area contributed by atoms with Crippen molar-refractivity contribution in [2.24, 2.45) is 0 Å². The lowest BCUT2D eigenvalue weighted by Crippen LogP contribution is -2.06. The van der Waals surface area contributed by atoms with Gasteiger partial charge in [0.15, 0.2) is 31.4 Å². The fraction of sp³-hybridized carbons (Fsp3) is 0.364. The highest BCUT2D eigenvalue weighted by molar-refractivity contribution is 9.10. The average molecular weight is 305 g/mol. The summed E-state index contributed by atoms with van der Waals surface area (Å²) in [6.45, 7) is 0.101. The molecule has 1 rings (SSSR count). The van der Waals surface area contributed by atoms with Crippen LogP contribution in [0, 0.1) is 0 Å². The van der Waals surface area contributed by atoms with E-state index >= 15 is 0 Å². The van der Waals surface area contributed by atoms with Gasteiger partial charge in [-0.25, -0.2) is 0 Å². The third-order valence-corrected chi connectivity index (χ3v) is 2.29. The molecule has 94 valence electrons. The number of methoxy groups -OCH3 is 2. The van der Waals surface area contributed by atoms with Gasteiger partial charge in [-0.05, 0) is 12.1 Å². The molecule has 0 aromatic heterocycles. The predicted molar refractivity (Wildman–Crippen MR) is 64.5 cm³/mol. The van der Waals surface area contributed by atoms with Crippen LogP contribution in [0.5, 0.6) is 11.5 Å². The first kappa shape index (κ1) is 14.0. The Labute approximate surface area is 108 Å². The molecular weight excluding hydrogens is 292 g/mol. The van der Waals surface area contributed by atoms with Gasteiger partial charge in [0.05, 0.1) is 5.56 Å². The molecule has 0 bridgehead atoms. The van der Waals surface area contributed by atoms with Crippen LogP contribution in [0.1, 0.15) is 10.4 Å². The van der Waals surface area contributed by atoms with Crippen molar-refractivity contribution in [3.05, 3.63) is 22.2 Å². The second-order valence-corrected chi connectivity index (χ2v) is 3.96. The molecule has 0 saturated carbocycles. The van der Waals surface area contributed by atoms with E-state index in [1.54, 1.807) is 12.1 Å². The first-order valence-corrected chi connectivity index (χ1v) is 5.54. The lowest BCUT2D eigenvalue weighted by atomic mass is 10.2. The van der Waals surface area contributed by atoms with Gasteiger partial charge in [0.2, 0.25) is 0 Å².